The van der Waals surface area contributed by atoms with Crippen LogP contribution in [0.3, 0.4) is 0 Å². The fourth-order valence-corrected chi connectivity index (χ4v) is 3.09. The van der Waals surface area contributed by atoms with E-state index in [4.69, 9.17) is 0 Å². The van der Waals surface area contributed by atoms with Crippen LogP contribution >= 0.6 is 0 Å². The van der Waals surface area contributed by atoms with Crippen LogP contribution in [0.15, 0.2) is 0 Å². The van der Waals surface area contributed by atoms with E-state index in [2.05, 4.69) is 6.07 Å². The van der Waals surface area contributed by atoms with Crippen molar-refractivity contribution in [2.45, 2.75) is 39.0 Å². The van der Waals surface area contributed by atoms with Gasteiger partial charge in [-0.15, -0.1) is 0 Å². The first kappa shape index (κ1) is 13.9. The Kier molecular flexibility index (Phi) is 4.08. The van der Waals surface area contributed by atoms with Crippen molar-refractivity contribution >= 4 is 11.8 Å². The first-order valence-corrected chi connectivity index (χ1v) is 7.05. The van der Waals surface area contributed by atoms with E-state index in [1.807, 2.05) is 0 Å². The number of nitriles is 1. The minimum atomic E-state index is -0.786. The van der Waals surface area contributed by atoms with Crippen LogP contribution in [0.2, 0.25) is 0 Å². The van der Waals surface area contributed by atoms with Crippen molar-refractivity contribution in [1.29, 1.82) is 5.26 Å². The van der Waals surface area contributed by atoms with E-state index in [0.717, 1.165) is 19.3 Å². The molecule has 2 fully saturated rings. The van der Waals surface area contributed by atoms with E-state index in [9.17, 15) is 14.9 Å². The maximum Gasteiger partial charge on any atom is 0.243 e. The van der Waals surface area contributed by atoms with Gasteiger partial charge in [0.05, 0.1) is 6.07 Å². The van der Waals surface area contributed by atoms with Gasteiger partial charge in [0.2, 0.25) is 11.8 Å². The quantitative estimate of drug-likeness (QED) is 0.713. The summed E-state index contributed by atoms with van der Waals surface area (Å²) in [5.41, 5.74) is -0.786. The monoisotopic (exact) mass is 263 g/mol. The molecule has 1 aliphatic heterocycles. The second-order valence-corrected chi connectivity index (χ2v) is 5.55. The number of hydrogen-bond donors (Lipinski definition) is 0. The number of carbonyl (C=O) groups excluding carboxylic acids is 2. The molecule has 0 unspecified atom stereocenters. The molecule has 0 N–H and O–H groups in total. The Balaban J connectivity index is 2.04. The summed E-state index contributed by atoms with van der Waals surface area (Å²) in [6.07, 6.45) is 4.11. The lowest BCUT2D eigenvalue weighted by Crippen LogP contribution is -2.44. The van der Waals surface area contributed by atoms with Gasteiger partial charge in [0.1, 0.15) is 5.41 Å². The topological polar surface area (TPSA) is 64.4 Å². The van der Waals surface area contributed by atoms with Crippen LogP contribution in [0.25, 0.3) is 0 Å². The molecule has 0 aromatic heterocycles. The Labute approximate surface area is 114 Å². The maximum atomic E-state index is 12.6. The number of hydrogen-bond acceptors (Lipinski definition) is 3. The van der Waals surface area contributed by atoms with Crippen molar-refractivity contribution in [3.63, 3.8) is 0 Å². The van der Waals surface area contributed by atoms with Crippen molar-refractivity contribution < 1.29 is 9.59 Å². The summed E-state index contributed by atoms with van der Waals surface area (Å²) in [5, 5.41) is 9.37. The summed E-state index contributed by atoms with van der Waals surface area (Å²) < 4.78 is 0. The minimum Gasteiger partial charge on any atom is -0.341 e. The van der Waals surface area contributed by atoms with Crippen molar-refractivity contribution in [2.24, 2.45) is 5.41 Å². The highest BCUT2D eigenvalue weighted by Gasteiger charge is 2.44. The van der Waals surface area contributed by atoms with Crippen LogP contribution in [0.5, 0.6) is 0 Å². The second kappa shape index (κ2) is 5.60. The molecule has 2 rings (SSSR count). The molecule has 0 bridgehead atoms. The summed E-state index contributed by atoms with van der Waals surface area (Å²) in [4.78, 5) is 27.5. The number of carbonyl (C=O) groups is 2. The van der Waals surface area contributed by atoms with Crippen LogP contribution in [0.4, 0.5) is 0 Å². The highest BCUT2D eigenvalue weighted by Crippen LogP contribution is 2.39. The first-order valence-electron chi connectivity index (χ1n) is 7.05. The van der Waals surface area contributed by atoms with E-state index in [1.165, 1.54) is 0 Å². The lowest BCUT2D eigenvalue weighted by atomic mass is 9.86. The number of nitrogens with zero attached hydrogens (tertiary/aromatic N) is 3. The molecule has 0 aromatic carbocycles. The molecule has 2 amide bonds. The zero-order valence-corrected chi connectivity index (χ0v) is 11.5. The van der Waals surface area contributed by atoms with Gasteiger partial charge in [-0.1, -0.05) is 12.8 Å². The standard InChI is InChI=1S/C14H21N3O2/c1-12(18)16-7-4-8-17(10-9-16)13(19)14(11-15)5-2-3-6-14/h2-10H2,1H3. The highest BCUT2D eigenvalue weighted by atomic mass is 16.2. The lowest BCUT2D eigenvalue weighted by Gasteiger charge is -2.28. The van der Waals surface area contributed by atoms with Crippen LogP contribution in [0.1, 0.15) is 39.0 Å². The van der Waals surface area contributed by atoms with E-state index < -0.39 is 5.41 Å². The van der Waals surface area contributed by atoms with Crippen molar-refractivity contribution in [3.8, 4) is 6.07 Å². The zero-order valence-electron chi connectivity index (χ0n) is 11.5. The minimum absolute atomic E-state index is 0.0158. The summed E-state index contributed by atoms with van der Waals surface area (Å²) in [6, 6.07) is 2.26. The Morgan fingerprint density at radius 2 is 1.58 bits per heavy atom. The van der Waals surface area contributed by atoms with E-state index in [1.54, 1.807) is 16.7 Å². The van der Waals surface area contributed by atoms with Gasteiger partial charge in [0.25, 0.3) is 0 Å². The molecule has 5 heteroatoms. The summed E-state index contributed by atoms with van der Waals surface area (Å²) >= 11 is 0. The molecule has 5 nitrogen and oxygen atoms in total. The molecule has 2 aliphatic rings. The third kappa shape index (κ3) is 2.73. The second-order valence-electron chi connectivity index (χ2n) is 5.55. The van der Waals surface area contributed by atoms with Crippen LogP contribution in [-0.4, -0.2) is 47.8 Å². The largest absolute Gasteiger partial charge is 0.341 e. The average Bonchev–Trinajstić information content (AvgIpc) is 2.75. The molecule has 1 saturated carbocycles. The van der Waals surface area contributed by atoms with Gasteiger partial charge in [-0.25, -0.2) is 0 Å². The van der Waals surface area contributed by atoms with Gasteiger partial charge in [0.15, 0.2) is 0 Å². The van der Waals surface area contributed by atoms with Crippen LogP contribution in [0, 0.1) is 16.7 Å². The third-order valence-corrected chi connectivity index (χ3v) is 4.31. The first-order chi connectivity index (χ1) is 9.09. The third-order valence-electron chi connectivity index (χ3n) is 4.31. The van der Waals surface area contributed by atoms with E-state index in [0.29, 0.717) is 39.0 Å². The Bertz CT molecular complexity index is 407. The molecule has 0 spiro atoms. The lowest BCUT2D eigenvalue weighted by molar-refractivity contribution is -0.139. The SMILES string of the molecule is CC(=O)N1CCCN(C(=O)C2(C#N)CCCC2)CC1. The molecule has 1 saturated heterocycles. The van der Waals surface area contributed by atoms with Crippen molar-refractivity contribution in [2.75, 3.05) is 26.2 Å². The molecule has 1 heterocycles. The van der Waals surface area contributed by atoms with Gasteiger partial charge >= 0.3 is 0 Å². The van der Waals surface area contributed by atoms with Crippen LogP contribution in [-0.2, 0) is 9.59 Å². The Hall–Kier alpha value is -1.57. The predicted molar refractivity (Wildman–Crippen MR) is 70.0 cm³/mol. The fraction of sp³-hybridized carbons (Fsp3) is 0.786. The molecule has 19 heavy (non-hydrogen) atoms. The fourth-order valence-electron chi connectivity index (χ4n) is 3.09. The van der Waals surface area contributed by atoms with Gasteiger partial charge in [0, 0.05) is 33.1 Å². The van der Waals surface area contributed by atoms with Crippen LogP contribution < -0.4 is 0 Å². The molecule has 0 aromatic rings. The average molecular weight is 263 g/mol. The summed E-state index contributed by atoms with van der Waals surface area (Å²) in [5.74, 6) is 0.0445. The van der Waals surface area contributed by atoms with Gasteiger partial charge in [-0.2, -0.15) is 5.26 Å². The number of rotatable bonds is 1. The number of amides is 2. The maximum absolute atomic E-state index is 12.6. The Morgan fingerprint density at radius 1 is 1.00 bits per heavy atom. The molecule has 0 radical (unpaired) electrons. The smallest absolute Gasteiger partial charge is 0.243 e. The van der Waals surface area contributed by atoms with Gasteiger partial charge in [-0.05, 0) is 19.3 Å². The molecular formula is C14H21N3O2. The zero-order chi connectivity index (χ0) is 13.9. The van der Waals surface area contributed by atoms with E-state index in [-0.39, 0.29) is 11.8 Å². The summed E-state index contributed by atoms with van der Waals surface area (Å²) in [6.45, 7) is 4.07. The molecular weight excluding hydrogens is 242 g/mol. The summed E-state index contributed by atoms with van der Waals surface area (Å²) in [7, 11) is 0. The van der Waals surface area contributed by atoms with E-state index >= 15 is 0 Å². The van der Waals surface area contributed by atoms with Gasteiger partial charge in [-0.3, -0.25) is 9.59 Å². The molecule has 104 valence electrons. The van der Waals surface area contributed by atoms with Gasteiger partial charge < -0.3 is 9.80 Å². The Morgan fingerprint density at radius 3 is 2.16 bits per heavy atom. The highest BCUT2D eigenvalue weighted by molar-refractivity contribution is 5.86. The molecule has 1 aliphatic carbocycles. The molecule has 0 atom stereocenters. The van der Waals surface area contributed by atoms with Crippen molar-refractivity contribution in [3.05, 3.63) is 0 Å². The predicted octanol–water partition coefficient (Wildman–Crippen LogP) is 1.15. The normalized spacial score (nSPS) is 22.7. The van der Waals surface area contributed by atoms with Crippen molar-refractivity contribution in [1.82, 2.24) is 9.80 Å².